The lowest BCUT2D eigenvalue weighted by Crippen LogP contribution is -1.87. The first-order chi connectivity index (χ1) is 6.36. The van der Waals surface area contributed by atoms with Gasteiger partial charge in [-0.25, -0.2) is 0 Å². The van der Waals surface area contributed by atoms with E-state index in [4.69, 9.17) is 11.6 Å². The van der Waals surface area contributed by atoms with Gasteiger partial charge in [-0.3, -0.25) is 0 Å². The van der Waals surface area contributed by atoms with E-state index in [-0.39, 0.29) is 0 Å². The highest BCUT2D eigenvalue weighted by Gasteiger charge is 2.02. The van der Waals surface area contributed by atoms with E-state index in [0.29, 0.717) is 0 Å². The Bertz CT molecular complexity index is 386. The number of hydrogen-bond acceptors (Lipinski definition) is 3. The quantitative estimate of drug-likeness (QED) is 0.760. The molecule has 0 N–H and O–H groups in total. The third-order valence-corrected chi connectivity index (χ3v) is 2.67. The Balaban J connectivity index is 2.24. The zero-order valence-corrected chi connectivity index (χ0v) is 8.27. The molecule has 0 atom stereocenters. The number of hydrogen-bond donors (Lipinski definition) is 0. The minimum atomic E-state index is 0.737. The van der Waals surface area contributed by atoms with Crippen LogP contribution in [0.3, 0.4) is 0 Å². The summed E-state index contributed by atoms with van der Waals surface area (Å²) in [6.07, 6.45) is 0.737. The molecule has 2 nitrogen and oxygen atoms in total. The van der Waals surface area contributed by atoms with Gasteiger partial charge in [-0.1, -0.05) is 41.1 Å². The Morgan fingerprint density at radius 2 is 2.23 bits per heavy atom. The van der Waals surface area contributed by atoms with Crippen molar-refractivity contribution in [3.63, 3.8) is 0 Å². The summed E-state index contributed by atoms with van der Waals surface area (Å²) in [5.74, 6) is 0. The maximum atomic E-state index is 5.99. The van der Waals surface area contributed by atoms with Crippen LogP contribution in [0.25, 0.3) is 0 Å². The number of aromatic nitrogens is 2. The molecule has 0 aliphatic carbocycles. The van der Waals surface area contributed by atoms with Crippen LogP contribution in [0, 0.1) is 5.51 Å². The molecule has 1 radical (unpaired) electrons. The van der Waals surface area contributed by atoms with Gasteiger partial charge >= 0.3 is 0 Å². The topological polar surface area (TPSA) is 25.8 Å². The normalized spacial score (nSPS) is 10.2. The lowest BCUT2D eigenvalue weighted by molar-refractivity contribution is 1.000. The maximum absolute atomic E-state index is 5.99. The fraction of sp³-hybridized carbons (Fsp3) is 0.111. The molecule has 0 saturated heterocycles. The lowest BCUT2D eigenvalue weighted by atomic mass is 10.2. The van der Waals surface area contributed by atoms with E-state index < -0.39 is 0 Å². The number of benzene rings is 1. The number of nitrogens with zero attached hydrogens (tertiary/aromatic N) is 2. The molecular formula is C9H6ClN2S. The van der Waals surface area contributed by atoms with Crippen molar-refractivity contribution in [2.24, 2.45) is 0 Å². The molecule has 1 aromatic heterocycles. The molecule has 0 unspecified atom stereocenters. The molecule has 1 heterocycles. The minimum absolute atomic E-state index is 0.737. The van der Waals surface area contributed by atoms with Crippen LogP contribution in [-0.2, 0) is 6.42 Å². The van der Waals surface area contributed by atoms with Crippen LogP contribution in [-0.4, -0.2) is 10.2 Å². The summed E-state index contributed by atoms with van der Waals surface area (Å²) in [5, 5.41) is 9.27. The minimum Gasteiger partial charge on any atom is -0.143 e. The number of halogens is 1. The number of rotatable bonds is 2. The van der Waals surface area contributed by atoms with Crippen LogP contribution < -0.4 is 0 Å². The van der Waals surface area contributed by atoms with Crippen LogP contribution in [0.15, 0.2) is 24.3 Å². The van der Waals surface area contributed by atoms with Crippen LogP contribution in [0.2, 0.25) is 5.02 Å². The van der Waals surface area contributed by atoms with E-state index in [1.165, 1.54) is 11.3 Å². The highest BCUT2D eigenvalue weighted by molar-refractivity contribution is 7.08. The lowest BCUT2D eigenvalue weighted by Gasteiger charge is -1.99. The average molecular weight is 210 g/mol. The summed E-state index contributed by atoms with van der Waals surface area (Å²) in [7, 11) is 0. The summed E-state index contributed by atoms with van der Waals surface area (Å²) < 4.78 is 0. The largest absolute Gasteiger partial charge is 0.178 e. The molecule has 0 bridgehead atoms. The second kappa shape index (κ2) is 3.85. The van der Waals surface area contributed by atoms with Gasteiger partial charge in [0.1, 0.15) is 5.01 Å². The van der Waals surface area contributed by atoms with Gasteiger partial charge in [0.25, 0.3) is 0 Å². The standard InChI is InChI=1S/C9H6ClN2S/c10-8-4-2-1-3-7(8)5-9-12-11-6-13-9/h1-4H,5H2. The highest BCUT2D eigenvalue weighted by atomic mass is 35.5. The third-order valence-electron chi connectivity index (χ3n) is 1.67. The Labute approximate surface area is 85.2 Å². The zero-order valence-electron chi connectivity index (χ0n) is 6.70. The van der Waals surface area contributed by atoms with Gasteiger partial charge in [0, 0.05) is 11.4 Å². The molecular weight excluding hydrogens is 204 g/mol. The Morgan fingerprint density at radius 1 is 1.38 bits per heavy atom. The SMILES string of the molecule is Clc1ccccc1Cc1nn[c]s1. The first-order valence-electron chi connectivity index (χ1n) is 3.78. The highest BCUT2D eigenvalue weighted by Crippen LogP contribution is 2.18. The summed E-state index contributed by atoms with van der Waals surface area (Å²) in [6.45, 7) is 0. The molecule has 65 valence electrons. The van der Waals surface area contributed by atoms with Crippen molar-refractivity contribution in [1.29, 1.82) is 0 Å². The van der Waals surface area contributed by atoms with Crippen LogP contribution in [0.1, 0.15) is 10.6 Å². The van der Waals surface area contributed by atoms with E-state index in [9.17, 15) is 0 Å². The van der Waals surface area contributed by atoms with E-state index in [1.807, 2.05) is 24.3 Å². The van der Waals surface area contributed by atoms with Gasteiger partial charge in [0.05, 0.1) is 0 Å². The first-order valence-corrected chi connectivity index (χ1v) is 4.97. The molecule has 0 fully saturated rings. The molecule has 0 saturated carbocycles. The van der Waals surface area contributed by atoms with Crippen molar-refractivity contribution < 1.29 is 0 Å². The Hall–Kier alpha value is -0.930. The van der Waals surface area contributed by atoms with Gasteiger partial charge in [0.15, 0.2) is 5.51 Å². The van der Waals surface area contributed by atoms with Crippen molar-refractivity contribution in [1.82, 2.24) is 10.2 Å². The Morgan fingerprint density at radius 3 is 2.92 bits per heavy atom. The summed E-state index contributed by atoms with van der Waals surface area (Å²) in [6, 6.07) is 7.75. The molecule has 0 amide bonds. The summed E-state index contributed by atoms with van der Waals surface area (Å²) >= 11 is 7.41. The monoisotopic (exact) mass is 209 g/mol. The maximum Gasteiger partial charge on any atom is 0.178 e. The van der Waals surface area contributed by atoms with Crippen molar-refractivity contribution in [3.8, 4) is 0 Å². The molecule has 2 rings (SSSR count). The van der Waals surface area contributed by atoms with E-state index in [1.54, 1.807) is 0 Å². The van der Waals surface area contributed by atoms with E-state index >= 15 is 0 Å². The molecule has 0 aliphatic rings. The fourth-order valence-electron chi connectivity index (χ4n) is 1.05. The van der Waals surface area contributed by atoms with Crippen LogP contribution >= 0.6 is 22.9 Å². The van der Waals surface area contributed by atoms with Gasteiger partial charge in [-0.2, -0.15) is 0 Å². The molecule has 13 heavy (non-hydrogen) atoms. The van der Waals surface area contributed by atoms with Crippen molar-refractivity contribution >= 4 is 22.9 Å². The van der Waals surface area contributed by atoms with E-state index in [2.05, 4.69) is 15.7 Å². The first kappa shape index (κ1) is 8.66. The van der Waals surface area contributed by atoms with Gasteiger partial charge in [-0.05, 0) is 11.6 Å². The smallest absolute Gasteiger partial charge is 0.143 e. The predicted molar refractivity (Wildman–Crippen MR) is 53.0 cm³/mol. The molecule has 2 aromatic rings. The summed E-state index contributed by atoms with van der Waals surface area (Å²) in [4.78, 5) is 0. The van der Waals surface area contributed by atoms with Crippen molar-refractivity contribution in [2.45, 2.75) is 6.42 Å². The predicted octanol–water partition coefficient (Wildman–Crippen LogP) is 2.58. The van der Waals surface area contributed by atoms with Crippen LogP contribution in [0.4, 0.5) is 0 Å². The van der Waals surface area contributed by atoms with Crippen molar-refractivity contribution in [2.75, 3.05) is 0 Å². The molecule has 0 spiro atoms. The van der Waals surface area contributed by atoms with Gasteiger partial charge in [0.2, 0.25) is 0 Å². The molecule has 4 heteroatoms. The van der Waals surface area contributed by atoms with E-state index in [0.717, 1.165) is 22.0 Å². The second-order valence-electron chi connectivity index (χ2n) is 2.56. The van der Waals surface area contributed by atoms with Gasteiger partial charge in [-0.15, -0.1) is 10.2 Å². The van der Waals surface area contributed by atoms with Gasteiger partial charge < -0.3 is 0 Å². The third kappa shape index (κ3) is 2.05. The average Bonchev–Trinajstić information content (AvgIpc) is 2.61. The molecule has 1 aromatic carbocycles. The summed E-state index contributed by atoms with van der Waals surface area (Å²) in [5.41, 5.74) is 3.78. The van der Waals surface area contributed by atoms with Crippen molar-refractivity contribution in [3.05, 3.63) is 45.4 Å². The van der Waals surface area contributed by atoms with Crippen LogP contribution in [0.5, 0.6) is 0 Å². The molecule has 0 aliphatic heterocycles. The second-order valence-corrected chi connectivity index (χ2v) is 3.82. The zero-order chi connectivity index (χ0) is 9.10. The fourth-order valence-corrected chi connectivity index (χ4v) is 1.74. The Kier molecular flexibility index (Phi) is 2.57.